The number of aliphatic hydroxyl groups excluding tert-OH is 2. The van der Waals surface area contributed by atoms with Crippen LogP contribution in [0.5, 0.6) is 0 Å². The molecule has 2 aromatic heterocycles. The third-order valence-electron chi connectivity index (χ3n) is 7.28. The van der Waals surface area contributed by atoms with Gasteiger partial charge < -0.3 is 24.5 Å². The Morgan fingerprint density at radius 2 is 1.64 bits per heavy atom. The minimum Gasteiger partial charge on any atom is -0.390 e. The molecule has 0 aliphatic carbocycles. The van der Waals surface area contributed by atoms with Gasteiger partial charge in [-0.25, -0.2) is 8.78 Å². The van der Waals surface area contributed by atoms with Crippen molar-refractivity contribution in [2.24, 2.45) is 0 Å². The van der Waals surface area contributed by atoms with Crippen molar-refractivity contribution in [3.8, 4) is 0 Å². The maximum atomic E-state index is 14.5. The van der Waals surface area contributed by atoms with Gasteiger partial charge in [-0.3, -0.25) is 14.9 Å². The largest absolute Gasteiger partial charge is 0.390 e. The fourth-order valence-corrected chi connectivity index (χ4v) is 5.84. The van der Waals surface area contributed by atoms with E-state index >= 15 is 0 Å². The number of H-pyrrole nitrogens is 1. The third kappa shape index (κ3) is 2.66. The Morgan fingerprint density at radius 1 is 0.972 bits per heavy atom. The number of fused-ring (bicyclic) bond motifs is 10. The summed E-state index contributed by atoms with van der Waals surface area (Å²) < 4.78 is 36.5. The number of imide groups is 1. The van der Waals surface area contributed by atoms with E-state index in [0.29, 0.717) is 43.6 Å². The molecule has 4 heterocycles. The monoisotopic (exact) mass is 491 g/mol. The van der Waals surface area contributed by atoms with E-state index in [0.717, 1.165) is 0 Å². The first-order chi connectivity index (χ1) is 17.2. The summed E-state index contributed by atoms with van der Waals surface area (Å²) in [5, 5.41) is 25.2. The number of hydrogen-bond donors (Lipinski definition) is 4. The highest BCUT2D eigenvalue weighted by Gasteiger charge is 2.41. The van der Waals surface area contributed by atoms with Crippen molar-refractivity contribution in [3.05, 3.63) is 59.2 Å². The number of benzene rings is 3. The van der Waals surface area contributed by atoms with E-state index in [1.54, 1.807) is 11.5 Å². The molecule has 182 valence electrons. The van der Waals surface area contributed by atoms with Crippen LogP contribution in [-0.2, 0) is 4.74 Å². The predicted octanol–water partition coefficient (Wildman–Crippen LogP) is 3.62. The zero-order chi connectivity index (χ0) is 25.0. The third-order valence-corrected chi connectivity index (χ3v) is 7.28. The fraction of sp³-hybridized carbons (Fsp3) is 0.231. The smallest absolute Gasteiger partial charge is 0.259 e. The predicted molar refractivity (Wildman–Crippen MR) is 127 cm³/mol. The number of aromatic amines is 1. The molecular weight excluding hydrogens is 472 g/mol. The number of nitrogens with zero attached hydrogens (tertiary/aromatic N) is 1. The van der Waals surface area contributed by atoms with Gasteiger partial charge in [0.25, 0.3) is 11.8 Å². The Bertz CT molecular complexity index is 1810. The fourth-order valence-electron chi connectivity index (χ4n) is 5.84. The summed E-state index contributed by atoms with van der Waals surface area (Å²) in [6, 6.07) is 8.09. The summed E-state index contributed by atoms with van der Waals surface area (Å²) in [4.78, 5) is 29.3. The Balaban J connectivity index is 1.76. The number of ether oxygens (including phenoxy) is 1. The summed E-state index contributed by atoms with van der Waals surface area (Å²) in [5.41, 5.74) is 1.84. The second kappa shape index (κ2) is 7.10. The summed E-state index contributed by atoms with van der Waals surface area (Å²) in [7, 11) is 0. The van der Waals surface area contributed by atoms with Crippen LogP contribution in [0.25, 0.3) is 43.6 Å². The first-order valence-corrected chi connectivity index (χ1v) is 11.5. The normalized spacial score (nSPS) is 24.4. The molecule has 0 spiro atoms. The maximum absolute atomic E-state index is 14.5. The molecule has 10 heteroatoms. The van der Waals surface area contributed by atoms with Crippen LogP contribution >= 0.6 is 0 Å². The maximum Gasteiger partial charge on any atom is 0.259 e. The molecule has 7 rings (SSSR count). The Kier molecular flexibility index (Phi) is 4.22. The van der Waals surface area contributed by atoms with Crippen molar-refractivity contribution in [2.45, 2.75) is 37.9 Å². The van der Waals surface area contributed by atoms with E-state index in [-0.39, 0.29) is 17.5 Å². The second-order valence-corrected chi connectivity index (χ2v) is 9.48. The van der Waals surface area contributed by atoms with E-state index in [1.165, 1.54) is 36.4 Å². The molecule has 2 amide bonds. The Hall–Kier alpha value is -3.86. The number of hydrogen-bond acceptors (Lipinski definition) is 5. The molecule has 1 fully saturated rings. The molecule has 1 unspecified atom stereocenters. The average molecular weight is 491 g/mol. The molecule has 0 radical (unpaired) electrons. The van der Waals surface area contributed by atoms with Gasteiger partial charge in [-0.1, -0.05) is 0 Å². The van der Waals surface area contributed by atoms with Crippen molar-refractivity contribution >= 4 is 55.4 Å². The number of carbonyl (C=O) groups is 2. The lowest BCUT2D eigenvalue weighted by Crippen LogP contribution is -2.44. The van der Waals surface area contributed by atoms with Crippen molar-refractivity contribution in [1.82, 2.24) is 14.9 Å². The highest BCUT2D eigenvalue weighted by Crippen LogP contribution is 2.46. The van der Waals surface area contributed by atoms with Gasteiger partial charge in [0.1, 0.15) is 17.7 Å². The number of amides is 2. The van der Waals surface area contributed by atoms with E-state index in [4.69, 9.17) is 4.74 Å². The highest BCUT2D eigenvalue weighted by molar-refractivity contribution is 6.39. The lowest BCUT2D eigenvalue weighted by atomic mass is 9.96. The molecule has 36 heavy (non-hydrogen) atoms. The minimum atomic E-state index is -1.33. The van der Waals surface area contributed by atoms with Gasteiger partial charge in [-0.15, -0.1) is 0 Å². The van der Waals surface area contributed by atoms with Crippen molar-refractivity contribution in [2.75, 3.05) is 0 Å². The van der Waals surface area contributed by atoms with Gasteiger partial charge in [0.15, 0.2) is 6.23 Å². The lowest BCUT2D eigenvalue weighted by molar-refractivity contribution is -0.190. The standard InChI is InChI=1S/C26H19F2N3O5/c1-9-6-16(32)23(33)26(36-9)31-15-5-3-11(28)8-13(15)18-20-19(24(34)30-25(20)35)17-12-7-10(27)2-4-14(12)29-21(17)22(18)31/h2-5,7-9,16,23,26,29,32-33H,6H2,1H3,(H,30,34,35)/t9-,16+,23-,26?/m1/s1. The molecule has 4 atom stereocenters. The summed E-state index contributed by atoms with van der Waals surface area (Å²) in [5.74, 6) is -2.37. The molecule has 5 aromatic rings. The van der Waals surface area contributed by atoms with E-state index < -0.39 is 48.0 Å². The molecule has 0 saturated carbocycles. The van der Waals surface area contributed by atoms with Crippen LogP contribution in [0.3, 0.4) is 0 Å². The van der Waals surface area contributed by atoms with Gasteiger partial charge in [-0.2, -0.15) is 0 Å². The molecule has 3 aromatic carbocycles. The molecule has 2 aliphatic rings. The van der Waals surface area contributed by atoms with E-state index in [1.807, 2.05) is 0 Å². The number of rotatable bonds is 1. The van der Waals surface area contributed by atoms with Crippen LogP contribution < -0.4 is 5.32 Å². The van der Waals surface area contributed by atoms with Crippen molar-refractivity contribution < 1.29 is 33.3 Å². The van der Waals surface area contributed by atoms with E-state index in [2.05, 4.69) is 10.3 Å². The first kappa shape index (κ1) is 21.4. The molecular formula is C26H19F2N3O5. The number of nitrogens with one attached hydrogen (secondary N) is 2. The van der Waals surface area contributed by atoms with Crippen molar-refractivity contribution in [3.63, 3.8) is 0 Å². The van der Waals surface area contributed by atoms with Crippen LogP contribution in [0.2, 0.25) is 0 Å². The number of halogens is 2. The van der Waals surface area contributed by atoms with Gasteiger partial charge in [-0.05, 0) is 43.3 Å². The SMILES string of the molecule is C[C@@H]1C[C@H](O)[C@@H](O)C(n2c3ccc(F)cc3c3c4c(c5c6cc(F)ccc6[nH]c5c32)C(=O)NC4=O)O1. The van der Waals surface area contributed by atoms with Crippen molar-refractivity contribution in [1.29, 1.82) is 0 Å². The van der Waals surface area contributed by atoms with Gasteiger partial charge in [0, 0.05) is 33.5 Å². The van der Waals surface area contributed by atoms with Crippen LogP contribution in [0, 0.1) is 11.6 Å². The summed E-state index contributed by atoms with van der Waals surface area (Å²) in [6.45, 7) is 1.76. The minimum absolute atomic E-state index is 0.0425. The summed E-state index contributed by atoms with van der Waals surface area (Å²) >= 11 is 0. The van der Waals surface area contributed by atoms with E-state index in [9.17, 15) is 28.6 Å². The van der Waals surface area contributed by atoms with Gasteiger partial charge in [0.2, 0.25) is 0 Å². The molecule has 1 saturated heterocycles. The zero-order valence-corrected chi connectivity index (χ0v) is 18.8. The first-order valence-electron chi connectivity index (χ1n) is 11.5. The van der Waals surface area contributed by atoms with Crippen LogP contribution in [0.4, 0.5) is 8.78 Å². The zero-order valence-electron chi connectivity index (χ0n) is 18.8. The Morgan fingerprint density at radius 3 is 2.39 bits per heavy atom. The molecule has 4 N–H and O–H groups in total. The van der Waals surface area contributed by atoms with Gasteiger partial charge in [0.05, 0.1) is 39.9 Å². The van der Waals surface area contributed by atoms with Crippen LogP contribution in [-0.4, -0.2) is 49.9 Å². The van der Waals surface area contributed by atoms with Gasteiger partial charge >= 0.3 is 0 Å². The quantitative estimate of drug-likeness (QED) is 0.267. The molecule has 2 aliphatic heterocycles. The number of aromatic nitrogens is 2. The average Bonchev–Trinajstić information content (AvgIpc) is 3.45. The lowest BCUT2D eigenvalue weighted by Gasteiger charge is -2.37. The number of aliphatic hydroxyl groups is 2. The Labute approximate surface area is 201 Å². The molecule has 0 bridgehead atoms. The van der Waals surface area contributed by atoms with Crippen LogP contribution in [0.15, 0.2) is 36.4 Å². The number of carbonyl (C=O) groups excluding carboxylic acids is 2. The highest BCUT2D eigenvalue weighted by atomic mass is 19.1. The topological polar surface area (TPSA) is 117 Å². The van der Waals surface area contributed by atoms with Crippen LogP contribution in [0.1, 0.15) is 40.3 Å². The summed E-state index contributed by atoms with van der Waals surface area (Å²) in [6.07, 6.45) is -3.69. The second-order valence-electron chi connectivity index (χ2n) is 9.48. The molecule has 8 nitrogen and oxygen atoms in total.